The highest BCUT2D eigenvalue weighted by molar-refractivity contribution is 4.89. The number of rotatable bonds is 15. The van der Waals surface area contributed by atoms with Gasteiger partial charge in [0, 0.05) is 0 Å². The average molecular weight is 359 g/mol. The summed E-state index contributed by atoms with van der Waals surface area (Å²) in [5.41, 5.74) is 0. The maximum Gasteiger partial charge on any atom is 0.114 e. The summed E-state index contributed by atoms with van der Waals surface area (Å²) >= 11 is 0. The quantitative estimate of drug-likeness (QED) is 0.310. The molecule has 1 rings (SSSR count). The van der Waals surface area contributed by atoms with Crippen LogP contribution < -0.4 is 0 Å². The largest absolute Gasteiger partial charge is 0.394 e. The molecule has 1 heterocycles. The second-order valence-electron chi connectivity index (χ2n) is 6.97. The molecular weight excluding hydrogens is 320 g/mol. The van der Waals surface area contributed by atoms with E-state index < -0.39 is 24.4 Å². The topological polar surface area (TPSA) is 79.2 Å². The molecule has 0 saturated carbocycles. The summed E-state index contributed by atoms with van der Waals surface area (Å²) in [6, 6.07) is 0. The van der Waals surface area contributed by atoms with Gasteiger partial charge < -0.3 is 24.8 Å². The van der Waals surface area contributed by atoms with Gasteiger partial charge in [0.1, 0.15) is 24.4 Å². The molecule has 0 aliphatic carbocycles. The molecule has 0 bridgehead atoms. The summed E-state index contributed by atoms with van der Waals surface area (Å²) in [5, 5.41) is 28.6. The molecule has 148 valence electrons. The molecule has 0 amide bonds. The Morgan fingerprint density at radius 2 is 1.64 bits per heavy atom. The van der Waals surface area contributed by atoms with Crippen molar-refractivity contribution >= 4 is 0 Å². The zero-order valence-corrected chi connectivity index (χ0v) is 15.8. The summed E-state index contributed by atoms with van der Waals surface area (Å²) in [6.45, 7) is 2.58. The lowest BCUT2D eigenvalue weighted by atomic mass is 10.1. The molecule has 0 aromatic carbocycles. The molecule has 1 fully saturated rings. The smallest absolute Gasteiger partial charge is 0.114 e. The second-order valence-corrected chi connectivity index (χ2v) is 6.97. The van der Waals surface area contributed by atoms with E-state index in [1.165, 1.54) is 51.4 Å². The van der Waals surface area contributed by atoms with Gasteiger partial charge in [0.25, 0.3) is 0 Å². The first-order chi connectivity index (χ1) is 12.2. The first kappa shape index (κ1) is 22.6. The van der Waals surface area contributed by atoms with Crippen molar-refractivity contribution in [2.45, 2.75) is 95.5 Å². The van der Waals surface area contributed by atoms with Crippen molar-refractivity contribution < 1.29 is 24.8 Å². The number of ether oxygens (including phenoxy) is 2. The van der Waals surface area contributed by atoms with Crippen molar-refractivity contribution in [3.8, 4) is 0 Å². The number of allylic oxidation sites excluding steroid dienone is 1. The SMILES string of the molecule is CCCCCCCCCC/C=C/CCO[C@@H](CO)[C@@H]1OC[C@@H](O)[C@@H]1O. The third-order valence-corrected chi connectivity index (χ3v) is 4.74. The normalized spacial score (nSPS) is 25.0. The number of hydrogen-bond donors (Lipinski definition) is 3. The fourth-order valence-electron chi connectivity index (χ4n) is 3.12. The van der Waals surface area contributed by atoms with E-state index in [0.29, 0.717) is 6.61 Å². The lowest BCUT2D eigenvalue weighted by molar-refractivity contribution is -0.0996. The lowest BCUT2D eigenvalue weighted by Crippen LogP contribution is -2.42. The van der Waals surface area contributed by atoms with Gasteiger partial charge in [-0.3, -0.25) is 0 Å². The van der Waals surface area contributed by atoms with E-state index in [9.17, 15) is 15.3 Å². The zero-order chi connectivity index (χ0) is 18.3. The average Bonchev–Trinajstić information content (AvgIpc) is 2.95. The summed E-state index contributed by atoms with van der Waals surface area (Å²) in [7, 11) is 0. The van der Waals surface area contributed by atoms with Gasteiger partial charge in [-0.1, -0.05) is 64.0 Å². The molecule has 0 aromatic rings. The van der Waals surface area contributed by atoms with Crippen LogP contribution in [-0.4, -0.2) is 59.6 Å². The van der Waals surface area contributed by atoms with Crippen molar-refractivity contribution in [3.63, 3.8) is 0 Å². The van der Waals surface area contributed by atoms with Gasteiger partial charge in [-0.25, -0.2) is 0 Å². The summed E-state index contributed by atoms with van der Waals surface area (Å²) < 4.78 is 10.9. The maximum atomic E-state index is 9.78. The Bertz CT molecular complexity index is 334. The van der Waals surface area contributed by atoms with Crippen molar-refractivity contribution in [3.05, 3.63) is 12.2 Å². The number of unbranched alkanes of at least 4 members (excludes halogenated alkanes) is 8. The summed E-state index contributed by atoms with van der Waals surface area (Å²) in [6.07, 6.45) is 13.7. The van der Waals surface area contributed by atoms with E-state index in [1.807, 2.05) is 0 Å². The molecule has 0 spiro atoms. The van der Waals surface area contributed by atoms with Crippen molar-refractivity contribution in [2.24, 2.45) is 0 Å². The van der Waals surface area contributed by atoms with Crippen LogP contribution in [0, 0.1) is 0 Å². The van der Waals surface area contributed by atoms with Gasteiger partial charge in [0.15, 0.2) is 0 Å². The summed E-state index contributed by atoms with van der Waals surface area (Å²) in [4.78, 5) is 0. The second kappa shape index (κ2) is 14.7. The van der Waals surface area contributed by atoms with Crippen LogP contribution in [0.15, 0.2) is 12.2 Å². The van der Waals surface area contributed by atoms with Crippen LogP contribution in [0.25, 0.3) is 0 Å². The number of aliphatic hydroxyl groups is 3. The zero-order valence-electron chi connectivity index (χ0n) is 15.8. The Labute approximate surface area is 153 Å². The minimum atomic E-state index is -0.991. The van der Waals surface area contributed by atoms with Crippen molar-refractivity contribution in [1.82, 2.24) is 0 Å². The molecule has 0 aromatic heterocycles. The first-order valence-corrected chi connectivity index (χ1v) is 10.1. The lowest BCUT2D eigenvalue weighted by Gasteiger charge is -2.24. The third-order valence-electron chi connectivity index (χ3n) is 4.74. The van der Waals surface area contributed by atoms with E-state index in [1.54, 1.807) is 0 Å². The summed E-state index contributed by atoms with van der Waals surface area (Å²) in [5.74, 6) is 0. The van der Waals surface area contributed by atoms with Crippen LogP contribution in [-0.2, 0) is 9.47 Å². The predicted octanol–water partition coefficient (Wildman–Crippen LogP) is 2.96. The fourth-order valence-corrected chi connectivity index (χ4v) is 3.12. The highest BCUT2D eigenvalue weighted by Crippen LogP contribution is 2.19. The molecular formula is C20H38O5. The van der Waals surface area contributed by atoms with Crippen LogP contribution in [0.3, 0.4) is 0 Å². The Kier molecular flexibility index (Phi) is 13.3. The molecule has 1 aliphatic rings. The molecule has 0 radical (unpaired) electrons. The molecule has 5 nitrogen and oxygen atoms in total. The minimum Gasteiger partial charge on any atom is -0.394 e. The highest BCUT2D eigenvalue weighted by atomic mass is 16.6. The number of aliphatic hydroxyl groups excluding tert-OH is 3. The van der Waals surface area contributed by atoms with Gasteiger partial charge in [0.05, 0.1) is 19.8 Å². The molecule has 1 saturated heterocycles. The predicted molar refractivity (Wildman–Crippen MR) is 99.6 cm³/mol. The van der Waals surface area contributed by atoms with Crippen molar-refractivity contribution in [1.29, 1.82) is 0 Å². The monoisotopic (exact) mass is 358 g/mol. The minimum absolute atomic E-state index is 0.0875. The van der Waals surface area contributed by atoms with Gasteiger partial charge >= 0.3 is 0 Å². The molecule has 0 unspecified atom stereocenters. The van der Waals surface area contributed by atoms with Gasteiger partial charge in [-0.2, -0.15) is 0 Å². The standard InChI is InChI=1S/C20H38O5/c1-2-3-4-5-6-7-8-9-10-11-12-13-14-24-18(15-21)20-19(23)17(22)16-25-20/h11-12,17-23H,2-10,13-16H2,1H3/b12-11+/t17-,18+,19+,20+/m1/s1. The fraction of sp³-hybridized carbons (Fsp3) is 0.900. The molecule has 3 N–H and O–H groups in total. The van der Waals surface area contributed by atoms with Crippen LogP contribution >= 0.6 is 0 Å². The van der Waals surface area contributed by atoms with Crippen LogP contribution in [0.5, 0.6) is 0 Å². The maximum absolute atomic E-state index is 9.78. The highest BCUT2D eigenvalue weighted by Gasteiger charge is 2.40. The molecule has 1 aliphatic heterocycles. The Balaban J connectivity index is 1.97. The number of hydrogen-bond acceptors (Lipinski definition) is 5. The van der Waals surface area contributed by atoms with Crippen LogP contribution in [0.4, 0.5) is 0 Å². The third kappa shape index (κ3) is 9.71. The van der Waals surface area contributed by atoms with E-state index in [-0.39, 0.29) is 13.2 Å². The Hall–Kier alpha value is -0.460. The van der Waals surface area contributed by atoms with Gasteiger partial charge in [-0.15, -0.1) is 0 Å². The van der Waals surface area contributed by atoms with Crippen molar-refractivity contribution in [2.75, 3.05) is 19.8 Å². The van der Waals surface area contributed by atoms with E-state index in [2.05, 4.69) is 19.1 Å². The molecule has 4 atom stereocenters. The van der Waals surface area contributed by atoms with Crippen LogP contribution in [0.2, 0.25) is 0 Å². The molecule has 25 heavy (non-hydrogen) atoms. The van der Waals surface area contributed by atoms with E-state index in [4.69, 9.17) is 9.47 Å². The van der Waals surface area contributed by atoms with Gasteiger partial charge in [0.2, 0.25) is 0 Å². The van der Waals surface area contributed by atoms with E-state index in [0.717, 1.165) is 12.8 Å². The van der Waals surface area contributed by atoms with Crippen LogP contribution in [0.1, 0.15) is 71.1 Å². The Morgan fingerprint density at radius 1 is 1.00 bits per heavy atom. The first-order valence-electron chi connectivity index (χ1n) is 10.1. The van der Waals surface area contributed by atoms with E-state index >= 15 is 0 Å². The van der Waals surface area contributed by atoms with Gasteiger partial charge in [-0.05, 0) is 19.3 Å². The molecule has 5 heteroatoms. The Morgan fingerprint density at radius 3 is 2.24 bits per heavy atom.